The summed E-state index contributed by atoms with van der Waals surface area (Å²) in [4.78, 5) is 26.2. The zero-order valence-electron chi connectivity index (χ0n) is 19.6. The van der Waals surface area contributed by atoms with E-state index in [0.29, 0.717) is 27.8 Å². The number of aliphatic hydroxyl groups is 1. The molecule has 1 amide bonds. The average molecular weight is 524 g/mol. The average Bonchev–Trinajstić information content (AvgIpc) is 2.77. The van der Waals surface area contributed by atoms with Crippen molar-refractivity contribution in [2.24, 2.45) is 0 Å². The minimum atomic E-state index is -3.71. The number of amides is 1. The van der Waals surface area contributed by atoms with Crippen LogP contribution in [0.3, 0.4) is 0 Å². The van der Waals surface area contributed by atoms with Crippen LogP contribution in [0.15, 0.2) is 45.6 Å². The number of carbonyl (C=O) groups is 1. The lowest BCUT2D eigenvalue weighted by Crippen LogP contribution is -2.26. The quantitative estimate of drug-likeness (QED) is 0.386. The normalized spacial score (nSPS) is 12.4. The van der Waals surface area contributed by atoms with Gasteiger partial charge in [-0.3, -0.25) is 4.72 Å². The molecule has 1 atom stereocenters. The Labute approximate surface area is 207 Å². The van der Waals surface area contributed by atoms with E-state index in [1.807, 2.05) is 0 Å². The Morgan fingerprint density at radius 2 is 1.94 bits per heavy atom. The Bertz CT molecular complexity index is 1420. The molecule has 0 aliphatic rings. The highest BCUT2D eigenvalue weighted by Gasteiger charge is 2.20. The van der Waals surface area contributed by atoms with Crippen LogP contribution in [-0.2, 0) is 23.1 Å². The van der Waals surface area contributed by atoms with E-state index < -0.39 is 28.0 Å². The van der Waals surface area contributed by atoms with Crippen molar-refractivity contribution in [1.29, 1.82) is 0 Å². The number of hydrogen-bond acceptors (Lipinski definition) is 7. The highest BCUT2D eigenvalue weighted by Crippen LogP contribution is 2.33. The van der Waals surface area contributed by atoms with E-state index in [1.165, 1.54) is 38.2 Å². The van der Waals surface area contributed by atoms with Crippen molar-refractivity contribution in [2.75, 3.05) is 25.9 Å². The van der Waals surface area contributed by atoms with Gasteiger partial charge < -0.3 is 19.2 Å². The predicted molar refractivity (Wildman–Crippen MR) is 133 cm³/mol. The van der Waals surface area contributed by atoms with Crippen molar-refractivity contribution >= 4 is 44.6 Å². The summed E-state index contributed by atoms with van der Waals surface area (Å²) in [6, 6.07) is 9.46. The van der Waals surface area contributed by atoms with E-state index in [4.69, 9.17) is 20.8 Å². The third-order valence-electron chi connectivity index (χ3n) is 5.06. The monoisotopic (exact) mass is 523 g/mol. The van der Waals surface area contributed by atoms with Gasteiger partial charge in [-0.05, 0) is 42.7 Å². The number of ether oxygens (including phenoxy) is 1. The number of halogens is 1. The lowest BCUT2D eigenvalue weighted by Gasteiger charge is -2.16. The van der Waals surface area contributed by atoms with Gasteiger partial charge in [0.2, 0.25) is 0 Å². The number of rotatable bonds is 8. The Balaban J connectivity index is 2.10. The zero-order chi connectivity index (χ0) is 25.9. The van der Waals surface area contributed by atoms with Gasteiger partial charge in [-0.15, -0.1) is 0 Å². The second-order valence-electron chi connectivity index (χ2n) is 8.13. The third-order valence-corrected chi connectivity index (χ3v) is 6.40. The second-order valence-corrected chi connectivity index (χ2v) is 10.2. The van der Waals surface area contributed by atoms with Crippen LogP contribution in [0.4, 0.5) is 10.5 Å². The minimum Gasteiger partial charge on any atom is -0.422 e. The Morgan fingerprint density at radius 3 is 2.57 bits per heavy atom. The van der Waals surface area contributed by atoms with Crippen LogP contribution < -0.4 is 19.8 Å². The molecule has 10 nitrogen and oxygen atoms in total. The van der Waals surface area contributed by atoms with Gasteiger partial charge in [0.1, 0.15) is 5.58 Å². The standard InChI is InChI=1S/C23H26ClN3O7S/c1-13(28)8-16-17-11-19(24)21(34-23(30)27(3)4)12-20(17)33-22(29)18(16)10-14-6-5-7-15(9-14)26-35(31,32)25-2/h5-7,9,11-13,25-26,28H,8,10H2,1-4H3. The molecule has 3 rings (SSSR count). The van der Waals surface area contributed by atoms with Crippen LogP contribution in [0.1, 0.15) is 23.6 Å². The molecule has 1 heterocycles. The molecule has 3 aromatic rings. The van der Waals surface area contributed by atoms with E-state index in [0.717, 1.165) is 0 Å². The third kappa shape index (κ3) is 6.51. The smallest absolute Gasteiger partial charge is 0.414 e. The van der Waals surface area contributed by atoms with Crippen molar-refractivity contribution < 1.29 is 27.5 Å². The summed E-state index contributed by atoms with van der Waals surface area (Å²) in [5.41, 5.74) is 1.29. The molecule has 2 aromatic carbocycles. The maximum atomic E-state index is 13.0. The topological polar surface area (TPSA) is 138 Å². The molecule has 1 aromatic heterocycles. The predicted octanol–water partition coefficient (Wildman–Crippen LogP) is 2.90. The molecule has 35 heavy (non-hydrogen) atoms. The summed E-state index contributed by atoms with van der Waals surface area (Å²) in [5, 5.41) is 10.7. The molecule has 12 heteroatoms. The van der Waals surface area contributed by atoms with Gasteiger partial charge in [-0.2, -0.15) is 8.42 Å². The highest BCUT2D eigenvalue weighted by atomic mass is 35.5. The number of aliphatic hydroxyl groups excluding tert-OH is 1. The lowest BCUT2D eigenvalue weighted by atomic mass is 9.94. The first-order valence-electron chi connectivity index (χ1n) is 10.6. The summed E-state index contributed by atoms with van der Waals surface area (Å²) in [7, 11) is 0.605. The molecule has 0 saturated carbocycles. The van der Waals surface area contributed by atoms with Crippen LogP contribution in [0, 0.1) is 0 Å². The second kappa shape index (κ2) is 10.6. The molecule has 0 spiro atoms. The van der Waals surface area contributed by atoms with Gasteiger partial charge in [0.25, 0.3) is 10.2 Å². The molecule has 3 N–H and O–H groups in total. The largest absolute Gasteiger partial charge is 0.422 e. The van der Waals surface area contributed by atoms with Gasteiger partial charge in [0.05, 0.1) is 16.8 Å². The Hall–Kier alpha value is -3.12. The molecule has 0 aliphatic carbocycles. The molecular weight excluding hydrogens is 498 g/mol. The molecular formula is C23H26ClN3O7S. The summed E-state index contributed by atoms with van der Waals surface area (Å²) in [5.74, 6) is 0.0290. The van der Waals surface area contributed by atoms with Crippen molar-refractivity contribution in [3.8, 4) is 5.75 Å². The fourth-order valence-corrected chi connectivity index (χ4v) is 4.17. The van der Waals surface area contributed by atoms with Gasteiger partial charge in [0, 0.05) is 44.6 Å². The van der Waals surface area contributed by atoms with Crippen molar-refractivity contribution in [3.63, 3.8) is 0 Å². The zero-order valence-corrected chi connectivity index (χ0v) is 21.2. The number of carbonyl (C=O) groups excluding carboxylic acids is 1. The Morgan fingerprint density at radius 1 is 1.23 bits per heavy atom. The molecule has 0 bridgehead atoms. The summed E-state index contributed by atoms with van der Waals surface area (Å²) in [6.07, 6.45) is -1.18. The molecule has 0 saturated heterocycles. The lowest BCUT2D eigenvalue weighted by molar-refractivity contribution is 0.172. The van der Waals surface area contributed by atoms with Gasteiger partial charge >= 0.3 is 11.7 Å². The van der Waals surface area contributed by atoms with Crippen molar-refractivity contribution in [2.45, 2.75) is 25.9 Å². The number of nitrogens with one attached hydrogen (secondary N) is 2. The van der Waals surface area contributed by atoms with Gasteiger partial charge in [-0.1, -0.05) is 23.7 Å². The number of nitrogens with zero attached hydrogens (tertiary/aromatic N) is 1. The highest BCUT2D eigenvalue weighted by molar-refractivity contribution is 7.90. The van der Waals surface area contributed by atoms with Crippen LogP contribution >= 0.6 is 11.6 Å². The maximum absolute atomic E-state index is 13.0. The van der Waals surface area contributed by atoms with Crippen molar-refractivity contribution in [3.05, 3.63) is 68.5 Å². The molecule has 188 valence electrons. The molecule has 1 unspecified atom stereocenters. The molecule has 0 fully saturated rings. The summed E-state index contributed by atoms with van der Waals surface area (Å²) >= 11 is 6.36. The number of fused-ring (bicyclic) bond motifs is 1. The van der Waals surface area contributed by atoms with E-state index in [1.54, 1.807) is 31.2 Å². The first kappa shape index (κ1) is 26.5. The summed E-state index contributed by atoms with van der Waals surface area (Å²) < 4.78 is 39.0. The van der Waals surface area contributed by atoms with E-state index in [-0.39, 0.29) is 29.2 Å². The van der Waals surface area contributed by atoms with Crippen molar-refractivity contribution in [1.82, 2.24) is 9.62 Å². The molecule has 0 radical (unpaired) electrons. The van der Waals surface area contributed by atoms with Crippen LogP contribution in [0.25, 0.3) is 11.0 Å². The van der Waals surface area contributed by atoms with E-state index >= 15 is 0 Å². The SMILES string of the molecule is CNS(=O)(=O)Nc1cccc(Cc2c(CC(C)O)c3cc(Cl)c(OC(=O)N(C)C)cc3oc2=O)c1. The van der Waals surface area contributed by atoms with E-state index in [2.05, 4.69) is 9.44 Å². The van der Waals surface area contributed by atoms with Gasteiger partial charge in [-0.25, -0.2) is 14.3 Å². The number of hydrogen-bond donors (Lipinski definition) is 3. The molecule has 0 aliphatic heterocycles. The van der Waals surface area contributed by atoms with Crippen LogP contribution in [0.5, 0.6) is 5.75 Å². The van der Waals surface area contributed by atoms with Crippen LogP contribution in [0.2, 0.25) is 5.02 Å². The summed E-state index contributed by atoms with van der Waals surface area (Å²) in [6.45, 7) is 1.59. The fourth-order valence-electron chi connectivity index (χ4n) is 3.43. The van der Waals surface area contributed by atoms with E-state index in [9.17, 15) is 23.1 Å². The van der Waals surface area contributed by atoms with Gasteiger partial charge in [0.15, 0.2) is 5.75 Å². The first-order valence-corrected chi connectivity index (χ1v) is 12.4. The number of anilines is 1. The maximum Gasteiger partial charge on any atom is 0.414 e. The first-order chi connectivity index (χ1) is 16.4. The number of benzene rings is 2. The minimum absolute atomic E-state index is 0.0290. The Kier molecular flexibility index (Phi) is 8.06. The van der Waals surface area contributed by atoms with Crippen LogP contribution in [-0.4, -0.2) is 51.8 Å². The fraction of sp³-hybridized carbons (Fsp3) is 0.304.